The minimum atomic E-state index is 0.421. The molecule has 5 heteroatoms. The zero-order valence-corrected chi connectivity index (χ0v) is 16.0. The topological polar surface area (TPSA) is 51.1 Å². The number of benzene rings is 1. The van der Waals surface area contributed by atoms with Gasteiger partial charge >= 0.3 is 0 Å². The molecule has 0 aromatic heterocycles. The smallest absolute Gasteiger partial charge is 0.193 e. The number of phenols is 1. The van der Waals surface area contributed by atoms with Crippen molar-refractivity contribution in [1.82, 2.24) is 15.1 Å². The molecule has 0 radical (unpaired) electrons. The van der Waals surface area contributed by atoms with Crippen LogP contribution in [-0.4, -0.2) is 60.1 Å². The van der Waals surface area contributed by atoms with Gasteiger partial charge in [0.2, 0.25) is 0 Å². The van der Waals surface area contributed by atoms with Crippen LogP contribution in [0.2, 0.25) is 0 Å². The van der Waals surface area contributed by atoms with E-state index < -0.39 is 0 Å². The maximum Gasteiger partial charge on any atom is 0.193 e. The summed E-state index contributed by atoms with van der Waals surface area (Å²) in [6, 6.07) is 4.64. The van der Waals surface area contributed by atoms with E-state index in [1.165, 1.54) is 56.3 Å². The van der Waals surface area contributed by atoms with Crippen LogP contribution in [0.4, 0.5) is 0 Å². The average molecular weight is 357 g/mol. The van der Waals surface area contributed by atoms with Crippen molar-refractivity contribution in [3.8, 4) is 5.75 Å². The lowest BCUT2D eigenvalue weighted by Gasteiger charge is -2.26. The first-order chi connectivity index (χ1) is 12.8. The standard InChI is InChI=1S/C21H32N4O/c1-22-21(25-13-10-17(15-25)24-11-4-5-12-24)23-14-19-18-7-3-2-6-16(18)8-9-20(19)26/h8-9,17,26H,2-7,10-15H2,1H3,(H,22,23). The van der Waals surface area contributed by atoms with Crippen LogP contribution in [0.1, 0.15) is 48.8 Å². The Bertz CT molecular complexity index is 666. The fourth-order valence-corrected chi connectivity index (χ4v) is 4.93. The number of phenolic OH excluding ortho intramolecular Hbond substituents is 1. The molecule has 26 heavy (non-hydrogen) atoms. The van der Waals surface area contributed by atoms with Crippen molar-refractivity contribution < 1.29 is 5.11 Å². The molecule has 1 aromatic rings. The van der Waals surface area contributed by atoms with E-state index in [4.69, 9.17) is 0 Å². The molecule has 2 aliphatic heterocycles. The number of fused-ring (bicyclic) bond motifs is 1. The second-order valence-corrected chi connectivity index (χ2v) is 7.94. The van der Waals surface area contributed by atoms with Crippen molar-refractivity contribution in [1.29, 1.82) is 0 Å². The van der Waals surface area contributed by atoms with Gasteiger partial charge in [-0.2, -0.15) is 0 Å². The number of likely N-dealkylation sites (tertiary alicyclic amines) is 2. The van der Waals surface area contributed by atoms with Gasteiger partial charge in [0.1, 0.15) is 5.75 Å². The molecule has 2 heterocycles. The maximum absolute atomic E-state index is 10.4. The van der Waals surface area contributed by atoms with E-state index >= 15 is 0 Å². The average Bonchev–Trinajstić information content (AvgIpc) is 3.35. The van der Waals surface area contributed by atoms with E-state index in [0.29, 0.717) is 18.3 Å². The van der Waals surface area contributed by atoms with Gasteiger partial charge in [-0.1, -0.05) is 6.07 Å². The molecule has 2 fully saturated rings. The van der Waals surface area contributed by atoms with Gasteiger partial charge in [0.05, 0.1) is 0 Å². The number of hydrogen-bond donors (Lipinski definition) is 2. The van der Waals surface area contributed by atoms with Gasteiger partial charge in [-0.25, -0.2) is 0 Å². The second-order valence-electron chi connectivity index (χ2n) is 7.94. The molecular formula is C21H32N4O. The van der Waals surface area contributed by atoms with Crippen molar-refractivity contribution in [2.45, 2.75) is 57.5 Å². The Hall–Kier alpha value is -1.75. The SMILES string of the molecule is CN=C(NCc1c(O)ccc2c1CCCC2)N1CCC(N2CCCC2)C1. The molecule has 0 amide bonds. The van der Waals surface area contributed by atoms with Crippen molar-refractivity contribution in [2.75, 3.05) is 33.2 Å². The van der Waals surface area contributed by atoms with Gasteiger partial charge in [0, 0.05) is 38.3 Å². The summed E-state index contributed by atoms with van der Waals surface area (Å²) in [5, 5.41) is 13.9. The number of aryl methyl sites for hydroxylation is 1. The van der Waals surface area contributed by atoms with Gasteiger partial charge in [-0.15, -0.1) is 0 Å². The van der Waals surface area contributed by atoms with Gasteiger partial charge in [0.25, 0.3) is 0 Å². The summed E-state index contributed by atoms with van der Waals surface area (Å²) >= 11 is 0. The summed E-state index contributed by atoms with van der Waals surface area (Å²) in [7, 11) is 1.87. The number of nitrogens with zero attached hydrogens (tertiary/aromatic N) is 3. The van der Waals surface area contributed by atoms with Gasteiger partial charge in [-0.3, -0.25) is 9.89 Å². The van der Waals surface area contributed by atoms with Gasteiger partial charge in [-0.05, 0) is 75.2 Å². The van der Waals surface area contributed by atoms with Crippen molar-refractivity contribution in [3.05, 3.63) is 28.8 Å². The fraction of sp³-hybridized carbons (Fsp3) is 0.667. The Morgan fingerprint density at radius 1 is 1.15 bits per heavy atom. The highest BCUT2D eigenvalue weighted by Crippen LogP contribution is 2.30. The highest BCUT2D eigenvalue weighted by molar-refractivity contribution is 5.80. The summed E-state index contributed by atoms with van der Waals surface area (Å²) in [5.41, 5.74) is 3.84. The summed E-state index contributed by atoms with van der Waals surface area (Å²) < 4.78 is 0. The Labute approximate surface area is 157 Å². The fourth-order valence-electron chi connectivity index (χ4n) is 4.93. The van der Waals surface area contributed by atoms with Gasteiger partial charge < -0.3 is 15.3 Å². The third-order valence-corrected chi connectivity index (χ3v) is 6.38. The highest BCUT2D eigenvalue weighted by atomic mass is 16.3. The highest BCUT2D eigenvalue weighted by Gasteiger charge is 2.30. The molecular weight excluding hydrogens is 324 g/mol. The maximum atomic E-state index is 10.4. The molecule has 1 aromatic carbocycles. The lowest BCUT2D eigenvalue weighted by atomic mass is 9.88. The monoisotopic (exact) mass is 356 g/mol. The van der Waals surface area contributed by atoms with Crippen LogP contribution in [0.15, 0.2) is 17.1 Å². The number of rotatable bonds is 3. The molecule has 1 aliphatic carbocycles. The number of aromatic hydroxyl groups is 1. The van der Waals surface area contributed by atoms with Crippen LogP contribution >= 0.6 is 0 Å². The first-order valence-electron chi connectivity index (χ1n) is 10.3. The minimum absolute atomic E-state index is 0.421. The number of hydrogen-bond acceptors (Lipinski definition) is 3. The van der Waals surface area contributed by atoms with Crippen molar-refractivity contribution >= 4 is 5.96 Å². The molecule has 3 aliphatic rings. The second kappa shape index (κ2) is 7.87. The third-order valence-electron chi connectivity index (χ3n) is 6.38. The van der Waals surface area contributed by atoms with Gasteiger partial charge in [0.15, 0.2) is 5.96 Å². The summed E-state index contributed by atoms with van der Waals surface area (Å²) in [6.45, 7) is 5.31. The molecule has 5 nitrogen and oxygen atoms in total. The Kier molecular flexibility index (Phi) is 5.34. The Morgan fingerprint density at radius 2 is 1.96 bits per heavy atom. The predicted molar refractivity (Wildman–Crippen MR) is 106 cm³/mol. The van der Waals surface area contributed by atoms with E-state index in [2.05, 4.69) is 26.2 Å². The molecule has 1 unspecified atom stereocenters. The normalized spacial score (nSPS) is 24.1. The molecule has 2 N–H and O–H groups in total. The van der Waals surface area contributed by atoms with Crippen LogP contribution < -0.4 is 5.32 Å². The van der Waals surface area contributed by atoms with Crippen LogP contribution in [0.5, 0.6) is 5.75 Å². The largest absolute Gasteiger partial charge is 0.508 e. The first kappa shape index (κ1) is 17.7. The Morgan fingerprint density at radius 3 is 2.77 bits per heavy atom. The summed E-state index contributed by atoms with van der Waals surface area (Å²) in [5.74, 6) is 1.39. The molecule has 0 bridgehead atoms. The lowest BCUT2D eigenvalue weighted by Crippen LogP contribution is -2.42. The molecule has 0 spiro atoms. The quantitative estimate of drug-likeness (QED) is 0.645. The molecule has 4 rings (SSSR count). The number of aliphatic imine (C=N–C) groups is 1. The van der Waals surface area contributed by atoms with E-state index in [-0.39, 0.29) is 0 Å². The van der Waals surface area contributed by atoms with Crippen LogP contribution in [0.3, 0.4) is 0 Å². The van der Waals surface area contributed by atoms with Crippen molar-refractivity contribution in [2.24, 2.45) is 4.99 Å². The van der Waals surface area contributed by atoms with E-state index in [0.717, 1.165) is 37.5 Å². The zero-order valence-electron chi connectivity index (χ0n) is 16.0. The minimum Gasteiger partial charge on any atom is -0.508 e. The zero-order chi connectivity index (χ0) is 17.9. The molecule has 2 saturated heterocycles. The van der Waals surface area contributed by atoms with Crippen LogP contribution in [0, 0.1) is 0 Å². The summed E-state index contributed by atoms with van der Waals surface area (Å²) in [6.07, 6.45) is 8.64. The van der Waals surface area contributed by atoms with E-state index in [9.17, 15) is 5.11 Å². The number of guanidine groups is 1. The molecule has 142 valence electrons. The van der Waals surface area contributed by atoms with E-state index in [1.54, 1.807) is 0 Å². The van der Waals surface area contributed by atoms with E-state index in [1.807, 2.05) is 13.1 Å². The lowest BCUT2D eigenvalue weighted by molar-refractivity contribution is 0.249. The first-order valence-corrected chi connectivity index (χ1v) is 10.3. The van der Waals surface area contributed by atoms with Crippen LogP contribution in [-0.2, 0) is 19.4 Å². The molecule has 1 atom stereocenters. The molecule has 0 saturated carbocycles. The Balaban J connectivity index is 1.41. The van der Waals surface area contributed by atoms with Crippen molar-refractivity contribution in [3.63, 3.8) is 0 Å². The number of nitrogens with one attached hydrogen (secondary N) is 1. The summed E-state index contributed by atoms with van der Waals surface area (Å²) in [4.78, 5) is 9.55. The predicted octanol–water partition coefficient (Wildman–Crippen LogP) is 2.52. The third kappa shape index (κ3) is 3.54. The van der Waals surface area contributed by atoms with Crippen LogP contribution in [0.25, 0.3) is 0 Å².